The highest BCUT2D eigenvalue weighted by molar-refractivity contribution is 5.25. The van der Waals surface area contributed by atoms with E-state index in [9.17, 15) is 0 Å². The summed E-state index contributed by atoms with van der Waals surface area (Å²) in [7, 11) is 0. The monoisotopic (exact) mass is 161 g/mol. The Labute approximate surface area is 74.1 Å². The molecule has 1 heteroatoms. The Morgan fingerprint density at radius 1 is 1.67 bits per heavy atom. The van der Waals surface area contributed by atoms with Gasteiger partial charge in [0.1, 0.15) is 0 Å². The van der Waals surface area contributed by atoms with Crippen LogP contribution in [0.25, 0.3) is 0 Å². The fourth-order valence-corrected chi connectivity index (χ4v) is 2.75. The zero-order valence-electron chi connectivity index (χ0n) is 7.64. The van der Waals surface area contributed by atoms with Crippen LogP contribution in [0.1, 0.15) is 39.0 Å². The second kappa shape index (κ2) is 2.62. The Morgan fingerprint density at radius 2 is 2.50 bits per heavy atom. The van der Waals surface area contributed by atoms with Crippen molar-refractivity contribution in [2.75, 3.05) is 0 Å². The molecular weight excluding hydrogens is 146 g/mol. The molecule has 1 nitrogen and oxygen atoms in total. The number of nitriles is 1. The molecule has 1 saturated carbocycles. The first-order valence-electron chi connectivity index (χ1n) is 4.86. The zero-order valence-corrected chi connectivity index (χ0v) is 7.64. The van der Waals surface area contributed by atoms with Gasteiger partial charge in [0.15, 0.2) is 0 Å². The molecule has 0 aromatic carbocycles. The summed E-state index contributed by atoms with van der Waals surface area (Å²) >= 11 is 0. The number of hydrogen-bond acceptors (Lipinski definition) is 1. The van der Waals surface area contributed by atoms with Gasteiger partial charge in [-0.1, -0.05) is 18.6 Å². The first-order chi connectivity index (χ1) is 5.77. The molecule has 0 amide bonds. The normalized spacial score (nSPS) is 40.0. The number of fused-ring (bicyclic) bond motifs is 1. The second-order valence-electron chi connectivity index (χ2n) is 4.26. The zero-order chi connectivity index (χ0) is 8.60. The third-order valence-corrected chi connectivity index (χ3v) is 3.65. The topological polar surface area (TPSA) is 23.8 Å². The van der Waals surface area contributed by atoms with Gasteiger partial charge in [0.25, 0.3) is 0 Å². The lowest BCUT2D eigenvalue weighted by molar-refractivity contribution is 0.291. The van der Waals surface area contributed by atoms with Crippen molar-refractivity contribution in [1.82, 2.24) is 0 Å². The molecule has 0 N–H and O–H groups in total. The molecule has 0 saturated heterocycles. The van der Waals surface area contributed by atoms with E-state index in [-0.39, 0.29) is 5.41 Å². The molecule has 0 unspecified atom stereocenters. The molecule has 64 valence electrons. The highest BCUT2D eigenvalue weighted by Crippen LogP contribution is 2.52. The van der Waals surface area contributed by atoms with E-state index in [0.717, 1.165) is 6.42 Å². The van der Waals surface area contributed by atoms with Crippen molar-refractivity contribution in [3.05, 3.63) is 11.6 Å². The Morgan fingerprint density at radius 3 is 3.25 bits per heavy atom. The van der Waals surface area contributed by atoms with Crippen LogP contribution in [0.5, 0.6) is 0 Å². The summed E-state index contributed by atoms with van der Waals surface area (Å²) in [6.45, 7) is 2.28. The maximum absolute atomic E-state index is 8.99. The van der Waals surface area contributed by atoms with Gasteiger partial charge >= 0.3 is 0 Å². The van der Waals surface area contributed by atoms with Gasteiger partial charge in [0.2, 0.25) is 0 Å². The smallest absolute Gasteiger partial charge is 0.0665 e. The lowest BCUT2D eigenvalue weighted by Gasteiger charge is -2.32. The van der Waals surface area contributed by atoms with Crippen molar-refractivity contribution in [2.45, 2.75) is 39.0 Å². The SMILES string of the molecule is C[C@]12CCCC=C1CC[C@@H]2C#N. The molecular formula is C11H15N. The summed E-state index contributed by atoms with van der Waals surface area (Å²) in [5.74, 6) is 0.295. The molecule has 0 aliphatic heterocycles. The molecule has 0 aromatic rings. The summed E-state index contributed by atoms with van der Waals surface area (Å²) in [5.41, 5.74) is 1.83. The van der Waals surface area contributed by atoms with Crippen LogP contribution in [0, 0.1) is 22.7 Å². The highest BCUT2D eigenvalue weighted by atomic mass is 14.5. The van der Waals surface area contributed by atoms with Crippen molar-refractivity contribution < 1.29 is 0 Å². The fraction of sp³-hybridized carbons (Fsp3) is 0.727. The predicted octanol–water partition coefficient (Wildman–Crippen LogP) is 3.04. The molecule has 12 heavy (non-hydrogen) atoms. The molecule has 0 spiro atoms. The van der Waals surface area contributed by atoms with Gasteiger partial charge in [-0.2, -0.15) is 5.26 Å². The molecule has 2 aliphatic rings. The van der Waals surface area contributed by atoms with E-state index in [1.807, 2.05) is 0 Å². The number of nitrogens with zero attached hydrogens (tertiary/aromatic N) is 1. The van der Waals surface area contributed by atoms with Gasteiger partial charge < -0.3 is 0 Å². The Kier molecular flexibility index (Phi) is 1.72. The summed E-state index contributed by atoms with van der Waals surface area (Å²) in [6, 6.07) is 2.46. The van der Waals surface area contributed by atoms with Crippen LogP contribution in [0.4, 0.5) is 0 Å². The van der Waals surface area contributed by atoms with Gasteiger partial charge in [-0.05, 0) is 32.1 Å². The molecule has 0 radical (unpaired) electrons. The Balaban J connectivity index is 2.34. The largest absolute Gasteiger partial charge is 0.198 e. The lowest BCUT2D eigenvalue weighted by Crippen LogP contribution is -2.24. The lowest BCUT2D eigenvalue weighted by atomic mass is 9.71. The molecule has 2 aliphatic carbocycles. The first kappa shape index (κ1) is 7.86. The average molecular weight is 161 g/mol. The van der Waals surface area contributed by atoms with Crippen LogP contribution >= 0.6 is 0 Å². The van der Waals surface area contributed by atoms with Crippen LogP contribution in [0.3, 0.4) is 0 Å². The second-order valence-corrected chi connectivity index (χ2v) is 4.26. The number of allylic oxidation sites excluding steroid dienone is 2. The summed E-state index contributed by atoms with van der Waals surface area (Å²) < 4.78 is 0. The fourth-order valence-electron chi connectivity index (χ4n) is 2.75. The van der Waals surface area contributed by atoms with Crippen LogP contribution < -0.4 is 0 Å². The van der Waals surface area contributed by atoms with E-state index in [4.69, 9.17) is 5.26 Å². The maximum atomic E-state index is 8.99. The van der Waals surface area contributed by atoms with E-state index >= 15 is 0 Å². The van der Waals surface area contributed by atoms with Gasteiger partial charge in [0, 0.05) is 5.41 Å². The first-order valence-corrected chi connectivity index (χ1v) is 4.86. The van der Waals surface area contributed by atoms with Crippen molar-refractivity contribution in [2.24, 2.45) is 11.3 Å². The Bertz CT molecular complexity index is 259. The van der Waals surface area contributed by atoms with Crippen LogP contribution in [-0.4, -0.2) is 0 Å². The van der Waals surface area contributed by atoms with Crippen LogP contribution in [0.15, 0.2) is 11.6 Å². The van der Waals surface area contributed by atoms with Crippen molar-refractivity contribution in [3.63, 3.8) is 0 Å². The maximum Gasteiger partial charge on any atom is 0.0665 e. The third kappa shape index (κ3) is 0.909. The Hall–Kier alpha value is -0.770. The van der Waals surface area contributed by atoms with Gasteiger partial charge in [-0.15, -0.1) is 0 Å². The summed E-state index contributed by atoms with van der Waals surface area (Å²) in [4.78, 5) is 0. The summed E-state index contributed by atoms with van der Waals surface area (Å²) in [5, 5.41) is 8.99. The minimum absolute atomic E-state index is 0.257. The van der Waals surface area contributed by atoms with E-state index in [1.54, 1.807) is 5.57 Å². The van der Waals surface area contributed by atoms with Gasteiger partial charge in [0.05, 0.1) is 12.0 Å². The molecule has 0 heterocycles. The van der Waals surface area contributed by atoms with Crippen LogP contribution in [-0.2, 0) is 0 Å². The van der Waals surface area contributed by atoms with Crippen LogP contribution in [0.2, 0.25) is 0 Å². The van der Waals surface area contributed by atoms with Gasteiger partial charge in [-0.25, -0.2) is 0 Å². The highest BCUT2D eigenvalue weighted by Gasteiger charge is 2.43. The van der Waals surface area contributed by atoms with E-state index < -0.39 is 0 Å². The van der Waals surface area contributed by atoms with Crippen molar-refractivity contribution in [3.8, 4) is 6.07 Å². The van der Waals surface area contributed by atoms with Crippen molar-refractivity contribution in [1.29, 1.82) is 5.26 Å². The molecule has 0 bridgehead atoms. The standard InChI is InChI=1S/C11H15N/c1-11-7-3-2-4-9(11)5-6-10(11)8-12/h4,10H,2-3,5-7H2,1H3/t10-,11+/m1/s1. The predicted molar refractivity (Wildman–Crippen MR) is 48.4 cm³/mol. The van der Waals surface area contributed by atoms with Gasteiger partial charge in [-0.3, -0.25) is 0 Å². The third-order valence-electron chi connectivity index (χ3n) is 3.65. The molecule has 1 fully saturated rings. The quantitative estimate of drug-likeness (QED) is 0.501. The minimum Gasteiger partial charge on any atom is -0.198 e. The van der Waals surface area contributed by atoms with E-state index in [0.29, 0.717) is 5.92 Å². The minimum atomic E-state index is 0.257. The van der Waals surface area contributed by atoms with E-state index in [2.05, 4.69) is 19.1 Å². The number of hydrogen-bond donors (Lipinski definition) is 0. The molecule has 2 atom stereocenters. The summed E-state index contributed by atoms with van der Waals surface area (Å²) in [6.07, 6.45) is 8.40. The van der Waals surface area contributed by atoms with Crippen molar-refractivity contribution >= 4 is 0 Å². The number of rotatable bonds is 0. The molecule has 2 rings (SSSR count). The molecule has 0 aromatic heterocycles. The van der Waals surface area contributed by atoms with E-state index in [1.165, 1.54) is 25.7 Å². The average Bonchev–Trinajstić information content (AvgIpc) is 2.41.